The Balaban J connectivity index is 0.973. The van der Waals surface area contributed by atoms with E-state index >= 15 is 0 Å². The predicted molar refractivity (Wildman–Crippen MR) is 288 cm³/mol. The minimum atomic E-state index is 1.09. The van der Waals surface area contributed by atoms with E-state index in [0.717, 1.165) is 45.3 Å². The van der Waals surface area contributed by atoms with Gasteiger partial charge < -0.3 is 9.80 Å². The van der Waals surface area contributed by atoms with Crippen LogP contribution in [0.1, 0.15) is 0 Å². The molecular weight excluding hydrogens is 821 g/mol. The van der Waals surface area contributed by atoms with Crippen LogP contribution in [0.2, 0.25) is 0 Å². The Kier molecular flexibility index (Phi) is 11.8. The summed E-state index contributed by atoms with van der Waals surface area (Å²) in [7, 11) is 0. The van der Waals surface area contributed by atoms with Crippen LogP contribution in [0.3, 0.4) is 0 Å². The number of hydrogen-bond donors (Lipinski definition) is 0. The molecule has 0 saturated heterocycles. The maximum Gasteiger partial charge on any atom is 0.0468 e. The standard InChI is InChI=1S/C66H48N2/c1-7-19-49(20-8-1)51-35-39-59(40-36-51)67(57-27-15-5-16-28-57)61-43-45-63(65(47-61)53-23-11-3-12-24-53)55-31-33-56(34-32-55)64-46-44-62(48-66(64)54-25-13-4-14-26-54)68(58-29-17-6-18-30-58)60-41-37-52(38-42-60)50-21-9-2-10-22-50/h1-48H. The summed E-state index contributed by atoms with van der Waals surface area (Å²) in [4.78, 5) is 4.70. The average Bonchev–Trinajstić information content (AvgIpc) is 3.43. The van der Waals surface area contributed by atoms with Gasteiger partial charge in [-0.05, 0) is 140 Å². The van der Waals surface area contributed by atoms with Crippen molar-refractivity contribution in [1.29, 1.82) is 0 Å². The lowest BCUT2D eigenvalue weighted by molar-refractivity contribution is 1.28. The van der Waals surface area contributed by atoms with Crippen molar-refractivity contribution in [3.05, 3.63) is 291 Å². The molecule has 11 rings (SSSR count). The summed E-state index contributed by atoms with van der Waals surface area (Å²) in [5.41, 5.74) is 20.7. The van der Waals surface area contributed by atoms with Gasteiger partial charge in [-0.2, -0.15) is 0 Å². The lowest BCUT2D eigenvalue weighted by Crippen LogP contribution is -2.10. The first-order chi connectivity index (χ1) is 33.7. The molecule has 0 heterocycles. The Hall–Kier alpha value is -8.98. The maximum absolute atomic E-state index is 2.35. The highest BCUT2D eigenvalue weighted by atomic mass is 15.1. The zero-order valence-electron chi connectivity index (χ0n) is 37.6. The van der Waals surface area contributed by atoms with Crippen molar-refractivity contribution < 1.29 is 0 Å². The molecule has 0 atom stereocenters. The minimum Gasteiger partial charge on any atom is -0.310 e. The molecule has 0 saturated carbocycles. The van der Waals surface area contributed by atoms with Crippen LogP contribution in [0.4, 0.5) is 34.1 Å². The number of hydrogen-bond acceptors (Lipinski definition) is 2. The molecule has 2 heteroatoms. The second kappa shape index (κ2) is 19.2. The summed E-state index contributed by atoms with van der Waals surface area (Å²) in [6, 6.07) is 105. The number of benzene rings is 11. The van der Waals surface area contributed by atoms with E-state index in [1.54, 1.807) is 0 Å². The minimum absolute atomic E-state index is 1.09. The Morgan fingerprint density at radius 2 is 0.368 bits per heavy atom. The largest absolute Gasteiger partial charge is 0.310 e. The van der Waals surface area contributed by atoms with Crippen LogP contribution in [0.15, 0.2) is 291 Å². The molecule has 0 N–H and O–H groups in total. The molecule has 322 valence electrons. The van der Waals surface area contributed by atoms with Crippen molar-refractivity contribution in [3.8, 4) is 66.8 Å². The summed E-state index contributed by atoms with van der Waals surface area (Å²) >= 11 is 0. The van der Waals surface area contributed by atoms with E-state index in [-0.39, 0.29) is 0 Å². The third-order valence-electron chi connectivity index (χ3n) is 12.7. The SMILES string of the molecule is c1ccc(-c2ccc(N(c3ccccc3)c3ccc(-c4ccc(-c5ccc(N(c6ccccc6)c6ccc(-c7ccccc7)cc6)cc5-c5ccccc5)cc4)c(-c4ccccc4)c3)cc2)cc1. The highest BCUT2D eigenvalue weighted by Crippen LogP contribution is 2.44. The second-order valence-electron chi connectivity index (χ2n) is 16.9. The molecule has 0 aliphatic carbocycles. The van der Waals surface area contributed by atoms with Gasteiger partial charge >= 0.3 is 0 Å². The molecule has 0 amide bonds. The van der Waals surface area contributed by atoms with Crippen molar-refractivity contribution in [3.63, 3.8) is 0 Å². The number of anilines is 6. The van der Waals surface area contributed by atoms with Crippen LogP contribution >= 0.6 is 0 Å². The van der Waals surface area contributed by atoms with E-state index in [1.165, 1.54) is 55.6 Å². The van der Waals surface area contributed by atoms with Gasteiger partial charge in [0.2, 0.25) is 0 Å². The number of rotatable bonds is 12. The molecular formula is C66H48N2. The first-order valence-corrected chi connectivity index (χ1v) is 23.2. The second-order valence-corrected chi connectivity index (χ2v) is 16.9. The first-order valence-electron chi connectivity index (χ1n) is 23.2. The topological polar surface area (TPSA) is 6.48 Å². The number of para-hydroxylation sites is 2. The molecule has 0 aromatic heterocycles. The van der Waals surface area contributed by atoms with Gasteiger partial charge in [0.15, 0.2) is 0 Å². The number of nitrogens with zero attached hydrogens (tertiary/aromatic N) is 2. The quantitative estimate of drug-likeness (QED) is 0.121. The fraction of sp³-hybridized carbons (Fsp3) is 0. The van der Waals surface area contributed by atoms with E-state index in [0.29, 0.717) is 0 Å². The van der Waals surface area contributed by atoms with Crippen LogP contribution < -0.4 is 9.80 Å². The van der Waals surface area contributed by atoms with Crippen molar-refractivity contribution in [1.82, 2.24) is 0 Å². The summed E-state index contributed by atoms with van der Waals surface area (Å²) < 4.78 is 0. The van der Waals surface area contributed by atoms with Crippen molar-refractivity contribution >= 4 is 34.1 Å². The molecule has 0 aliphatic heterocycles. The van der Waals surface area contributed by atoms with Crippen molar-refractivity contribution in [2.24, 2.45) is 0 Å². The van der Waals surface area contributed by atoms with Gasteiger partial charge in [-0.1, -0.05) is 218 Å². The summed E-state index contributed by atoms with van der Waals surface area (Å²) in [5.74, 6) is 0. The van der Waals surface area contributed by atoms with Crippen LogP contribution in [-0.4, -0.2) is 0 Å². The van der Waals surface area contributed by atoms with Gasteiger partial charge in [0, 0.05) is 34.1 Å². The molecule has 11 aromatic carbocycles. The molecule has 0 fully saturated rings. The average molecular weight is 869 g/mol. The Labute approximate surface area is 400 Å². The molecule has 11 aromatic rings. The van der Waals surface area contributed by atoms with Crippen molar-refractivity contribution in [2.75, 3.05) is 9.80 Å². The maximum atomic E-state index is 2.35. The first kappa shape index (κ1) is 41.7. The Bertz CT molecular complexity index is 3140. The van der Waals surface area contributed by atoms with Gasteiger partial charge in [0.05, 0.1) is 0 Å². The Morgan fingerprint density at radius 1 is 0.147 bits per heavy atom. The zero-order valence-corrected chi connectivity index (χ0v) is 37.6. The third kappa shape index (κ3) is 8.75. The Morgan fingerprint density at radius 3 is 0.691 bits per heavy atom. The summed E-state index contributed by atoms with van der Waals surface area (Å²) in [6.45, 7) is 0. The normalized spacial score (nSPS) is 10.9. The lowest BCUT2D eigenvalue weighted by atomic mass is 9.90. The van der Waals surface area contributed by atoms with E-state index in [4.69, 9.17) is 0 Å². The summed E-state index contributed by atoms with van der Waals surface area (Å²) in [6.07, 6.45) is 0. The molecule has 0 unspecified atom stereocenters. The van der Waals surface area contributed by atoms with Crippen molar-refractivity contribution in [2.45, 2.75) is 0 Å². The third-order valence-corrected chi connectivity index (χ3v) is 12.7. The van der Waals surface area contributed by atoms with Crippen LogP contribution in [-0.2, 0) is 0 Å². The van der Waals surface area contributed by atoms with Crippen LogP contribution in [0, 0.1) is 0 Å². The van der Waals surface area contributed by atoms with Gasteiger partial charge in [-0.15, -0.1) is 0 Å². The van der Waals surface area contributed by atoms with E-state index in [2.05, 4.69) is 301 Å². The highest BCUT2D eigenvalue weighted by molar-refractivity contribution is 5.92. The zero-order chi connectivity index (χ0) is 45.5. The molecule has 0 radical (unpaired) electrons. The molecule has 0 aliphatic rings. The van der Waals surface area contributed by atoms with E-state index in [9.17, 15) is 0 Å². The van der Waals surface area contributed by atoms with Gasteiger partial charge in [-0.25, -0.2) is 0 Å². The molecule has 2 nitrogen and oxygen atoms in total. The lowest BCUT2D eigenvalue weighted by Gasteiger charge is -2.27. The predicted octanol–water partition coefficient (Wildman–Crippen LogP) is 18.6. The van der Waals surface area contributed by atoms with Crippen LogP contribution in [0.25, 0.3) is 66.8 Å². The highest BCUT2D eigenvalue weighted by Gasteiger charge is 2.19. The van der Waals surface area contributed by atoms with E-state index in [1.807, 2.05) is 0 Å². The molecule has 0 bridgehead atoms. The monoisotopic (exact) mass is 868 g/mol. The van der Waals surface area contributed by atoms with Crippen LogP contribution in [0.5, 0.6) is 0 Å². The van der Waals surface area contributed by atoms with Gasteiger partial charge in [0.1, 0.15) is 0 Å². The van der Waals surface area contributed by atoms with Gasteiger partial charge in [0.25, 0.3) is 0 Å². The fourth-order valence-electron chi connectivity index (χ4n) is 9.30. The summed E-state index contributed by atoms with van der Waals surface area (Å²) in [5, 5.41) is 0. The molecule has 68 heavy (non-hydrogen) atoms. The molecule has 0 spiro atoms. The van der Waals surface area contributed by atoms with E-state index < -0.39 is 0 Å². The van der Waals surface area contributed by atoms with Gasteiger partial charge in [-0.3, -0.25) is 0 Å². The smallest absolute Gasteiger partial charge is 0.0468 e. The fourth-order valence-corrected chi connectivity index (χ4v) is 9.30.